The normalized spacial score (nSPS) is 11.4. The second-order valence-electron chi connectivity index (χ2n) is 5.48. The summed E-state index contributed by atoms with van der Waals surface area (Å²) < 4.78 is 5.24. The molecule has 5 heteroatoms. The maximum absolute atomic E-state index is 8.83. The van der Waals surface area contributed by atoms with Crippen LogP contribution in [0.25, 0.3) is 5.57 Å². The van der Waals surface area contributed by atoms with E-state index >= 15 is 0 Å². The van der Waals surface area contributed by atoms with Crippen LogP contribution in [0.1, 0.15) is 39.0 Å². The van der Waals surface area contributed by atoms with Crippen LogP contribution >= 0.6 is 22.6 Å². The molecule has 0 radical (unpaired) electrons. The topological polar surface area (TPSA) is 69.8 Å². The van der Waals surface area contributed by atoms with Crippen molar-refractivity contribution >= 4 is 39.8 Å². The van der Waals surface area contributed by atoms with Gasteiger partial charge in [-0.1, -0.05) is 91.1 Å². The summed E-state index contributed by atoms with van der Waals surface area (Å²) in [5, 5.41) is 17.2. The minimum Gasteiger partial charge on any atom is -0.481 e. The van der Waals surface area contributed by atoms with Crippen molar-refractivity contribution in [2.24, 2.45) is 0 Å². The first-order valence-electron chi connectivity index (χ1n) is 9.74. The van der Waals surface area contributed by atoms with Gasteiger partial charge in [0.25, 0.3) is 0 Å². The number of hydrogen-bond donors (Lipinski definition) is 2. The Bertz CT molecular complexity index is 870. The van der Waals surface area contributed by atoms with E-state index < -0.39 is 0 Å². The standard InChI is InChI=1S/C22H23N3O.C2H6.CH3I/c1-4-11-16(5-2)19(21(23)17-12-7-6-8-13-17)20(22(24)26-3)18-14-9-10-15-25-18;2*1-2/h4-15,23-24H,1-3H3;1-2H3;1H3/b11-4-,16-5+,20-19-,23-21?,24-22?;;. The summed E-state index contributed by atoms with van der Waals surface area (Å²) in [6.45, 7) is 7.84. The third-order valence-corrected chi connectivity index (χ3v) is 3.86. The van der Waals surface area contributed by atoms with Crippen molar-refractivity contribution < 1.29 is 4.74 Å². The Morgan fingerprint density at radius 3 is 2.03 bits per heavy atom. The summed E-state index contributed by atoms with van der Waals surface area (Å²) in [4.78, 5) is 6.37. The zero-order chi connectivity index (χ0) is 22.9. The van der Waals surface area contributed by atoms with Crippen molar-refractivity contribution in [2.75, 3.05) is 12.0 Å². The molecule has 0 saturated carbocycles. The highest BCUT2D eigenvalue weighted by atomic mass is 127. The van der Waals surface area contributed by atoms with E-state index in [1.807, 2.05) is 99.4 Å². The number of hydrogen-bond acceptors (Lipinski definition) is 4. The van der Waals surface area contributed by atoms with Gasteiger partial charge in [0.1, 0.15) is 0 Å². The molecule has 1 heterocycles. The van der Waals surface area contributed by atoms with Crippen molar-refractivity contribution in [3.63, 3.8) is 0 Å². The van der Waals surface area contributed by atoms with E-state index in [9.17, 15) is 0 Å². The molecule has 1 aromatic heterocycles. The minimum absolute atomic E-state index is 0.0248. The number of benzene rings is 1. The van der Waals surface area contributed by atoms with Crippen LogP contribution in [0.15, 0.2) is 84.1 Å². The molecule has 2 N–H and O–H groups in total. The molecule has 0 amide bonds. The Kier molecular flexibility index (Phi) is 14.9. The van der Waals surface area contributed by atoms with Crippen LogP contribution in [0.4, 0.5) is 0 Å². The fourth-order valence-electron chi connectivity index (χ4n) is 2.64. The third kappa shape index (κ3) is 7.71. The predicted octanol–water partition coefficient (Wildman–Crippen LogP) is 7.13. The average molecular weight is 517 g/mol. The zero-order valence-corrected chi connectivity index (χ0v) is 20.8. The molecule has 30 heavy (non-hydrogen) atoms. The van der Waals surface area contributed by atoms with Crippen LogP contribution < -0.4 is 0 Å². The summed E-state index contributed by atoms with van der Waals surface area (Å²) in [6.07, 6.45) is 7.45. The molecule has 0 bridgehead atoms. The van der Waals surface area contributed by atoms with E-state index in [1.54, 1.807) is 6.20 Å². The number of halogens is 1. The first-order chi connectivity index (χ1) is 14.6. The fourth-order valence-corrected chi connectivity index (χ4v) is 2.64. The van der Waals surface area contributed by atoms with Crippen molar-refractivity contribution in [2.45, 2.75) is 27.7 Å². The van der Waals surface area contributed by atoms with Gasteiger partial charge in [0, 0.05) is 17.3 Å². The largest absolute Gasteiger partial charge is 0.481 e. The van der Waals surface area contributed by atoms with Gasteiger partial charge < -0.3 is 4.74 Å². The molecule has 0 aliphatic carbocycles. The van der Waals surface area contributed by atoms with Crippen LogP contribution in [0.5, 0.6) is 0 Å². The van der Waals surface area contributed by atoms with Gasteiger partial charge in [0.15, 0.2) is 0 Å². The molecule has 0 spiro atoms. The molecule has 0 aliphatic heterocycles. The van der Waals surface area contributed by atoms with Crippen molar-refractivity contribution in [1.29, 1.82) is 10.8 Å². The van der Waals surface area contributed by atoms with E-state index in [-0.39, 0.29) is 5.90 Å². The van der Waals surface area contributed by atoms with Crippen LogP contribution in [0, 0.1) is 10.8 Å². The minimum atomic E-state index is -0.0248. The molecular formula is C25H32IN3O. The van der Waals surface area contributed by atoms with Crippen molar-refractivity contribution in [3.8, 4) is 0 Å². The summed E-state index contributed by atoms with van der Waals surface area (Å²) in [6, 6.07) is 15.0. The number of methoxy groups -OCH3 is 1. The van der Waals surface area contributed by atoms with E-state index in [1.165, 1.54) is 7.11 Å². The summed E-state index contributed by atoms with van der Waals surface area (Å²) in [5.41, 5.74) is 3.63. The number of rotatable bonds is 6. The molecule has 0 fully saturated rings. The van der Waals surface area contributed by atoms with Crippen molar-refractivity contribution in [1.82, 2.24) is 4.98 Å². The molecule has 0 atom stereocenters. The molecule has 0 saturated heterocycles. The fraction of sp³-hybridized carbons (Fsp3) is 0.240. The predicted molar refractivity (Wildman–Crippen MR) is 139 cm³/mol. The zero-order valence-electron chi connectivity index (χ0n) is 18.7. The summed E-state index contributed by atoms with van der Waals surface area (Å²) in [7, 11) is 1.46. The van der Waals surface area contributed by atoms with Gasteiger partial charge in [-0.2, -0.15) is 0 Å². The molecule has 160 valence electrons. The number of aromatic nitrogens is 1. The van der Waals surface area contributed by atoms with E-state index in [2.05, 4.69) is 27.6 Å². The quantitative estimate of drug-likeness (QED) is 0.141. The number of pyridine rings is 1. The first kappa shape index (κ1) is 27.5. The monoisotopic (exact) mass is 517 g/mol. The molecular weight excluding hydrogens is 485 g/mol. The average Bonchev–Trinajstić information content (AvgIpc) is 2.84. The number of nitrogens with one attached hydrogen (secondary N) is 2. The van der Waals surface area contributed by atoms with Gasteiger partial charge in [-0.15, -0.1) is 0 Å². The Morgan fingerprint density at radius 1 is 0.967 bits per heavy atom. The van der Waals surface area contributed by atoms with Gasteiger partial charge in [0.05, 0.1) is 24.1 Å². The van der Waals surface area contributed by atoms with Crippen LogP contribution in [0.3, 0.4) is 0 Å². The van der Waals surface area contributed by atoms with Crippen molar-refractivity contribution in [3.05, 3.63) is 95.4 Å². The highest BCUT2D eigenvalue weighted by Gasteiger charge is 2.22. The van der Waals surface area contributed by atoms with Gasteiger partial charge >= 0.3 is 0 Å². The van der Waals surface area contributed by atoms with Gasteiger partial charge in [0.2, 0.25) is 5.90 Å². The number of allylic oxidation sites excluding steroid dienone is 5. The van der Waals surface area contributed by atoms with Crippen LogP contribution in [-0.4, -0.2) is 28.6 Å². The first-order valence-corrected chi connectivity index (χ1v) is 11.9. The maximum atomic E-state index is 8.83. The Balaban J connectivity index is 0.00000198. The highest BCUT2D eigenvalue weighted by Crippen LogP contribution is 2.28. The lowest BCUT2D eigenvalue weighted by Gasteiger charge is -2.18. The lowest BCUT2D eigenvalue weighted by atomic mass is 9.89. The molecule has 1 aromatic carbocycles. The SMILES string of the molecule is CC.CI.C\C=C/C(=C\C)C(/C(=N)c1ccccc1)=C(/C(=N)OC)c1ccccn1. The summed E-state index contributed by atoms with van der Waals surface area (Å²) in [5.74, 6) is -0.0248. The molecule has 4 nitrogen and oxygen atoms in total. The van der Waals surface area contributed by atoms with Gasteiger partial charge in [-0.05, 0) is 36.5 Å². The highest BCUT2D eigenvalue weighted by molar-refractivity contribution is 14.1. The Hall–Kier alpha value is -2.54. The molecule has 0 unspecified atom stereocenters. The van der Waals surface area contributed by atoms with Gasteiger partial charge in [-0.25, -0.2) is 0 Å². The third-order valence-electron chi connectivity index (χ3n) is 3.86. The van der Waals surface area contributed by atoms with Gasteiger partial charge in [-0.3, -0.25) is 15.8 Å². The maximum Gasteiger partial charge on any atom is 0.215 e. The Labute approximate surface area is 195 Å². The molecule has 2 aromatic rings. The van der Waals surface area contributed by atoms with Crippen LogP contribution in [-0.2, 0) is 4.74 Å². The molecule has 2 rings (SSSR count). The lowest BCUT2D eigenvalue weighted by molar-refractivity contribution is 0.405. The van der Waals surface area contributed by atoms with E-state index in [0.717, 1.165) is 11.1 Å². The summed E-state index contributed by atoms with van der Waals surface area (Å²) >= 11 is 2.15. The smallest absolute Gasteiger partial charge is 0.215 e. The second-order valence-corrected chi connectivity index (χ2v) is 5.48. The van der Waals surface area contributed by atoms with Crippen LogP contribution in [0.2, 0.25) is 0 Å². The van der Waals surface area contributed by atoms with E-state index in [0.29, 0.717) is 22.6 Å². The number of ether oxygens (including phenoxy) is 1. The number of nitrogens with zero attached hydrogens (tertiary/aromatic N) is 1. The lowest BCUT2D eigenvalue weighted by Crippen LogP contribution is -2.15. The number of alkyl halides is 1. The Morgan fingerprint density at radius 2 is 1.57 bits per heavy atom. The second kappa shape index (κ2) is 16.3. The molecule has 0 aliphatic rings. The van der Waals surface area contributed by atoms with E-state index in [4.69, 9.17) is 15.6 Å².